The fourth-order valence-electron chi connectivity index (χ4n) is 1.53. The summed E-state index contributed by atoms with van der Waals surface area (Å²) < 4.78 is -0.986. The van der Waals surface area contributed by atoms with Crippen molar-refractivity contribution in [2.75, 3.05) is 0 Å². The van der Waals surface area contributed by atoms with E-state index in [1.807, 2.05) is 22.6 Å². The Morgan fingerprint density at radius 1 is 1.36 bits per heavy atom. The van der Waals surface area contributed by atoms with E-state index in [0.717, 1.165) is 0 Å². The van der Waals surface area contributed by atoms with E-state index < -0.39 is 20.8 Å². The second kappa shape index (κ2) is 3.52. The summed E-state index contributed by atoms with van der Waals surface area (Å²) in [7, 11) is 0. The number of hydrogen-bond donors (Lipinski definition) is 2. The third-order valence-corrected chi connectivity index (χ3v) is 3.73. The number of carboxylic acids is 2. The van der Waals surface area contributed by atoms with Gasteiger partial charge in [-0.25, -0.2) is 0 Å². The van der Waals surface area contributed by atoms with E-state index in [1.165, 1.54) is 0 Å². The Labute approximate surface area is 95.1 Å². The smallest absolute Gasteiger partial charge is 0.319 e. The molecular formula is C9H11IO4. The molecule has 78 valence electrons. The van der Waals surface area contributed by atoms with Crippen LogP contribution in [-0.2, 0) is 9.59 Å². The standard InChI is InChI=1S/C9H11IO4/c1-8(6(11)12)3-2-4-9(10,5-8)7(13)14/h2-3H,4-5H2,1H3,(H,11,12)(H,13,14). The summed E-state index contributed by atoms with van der Waals surface area (Å²) in [6, 6.07) is 0. The molecule has 0 aromatic carbocycles. The van der Waals surface area contributed by atoms with Gasteiger partial charge < -0.3 is 10.2 Å². The first-order valence-electron chi connectivity index (χ1n) is 4.14. The normalized spacial score (nSPS) is 36.7. The van der Waals surface area contributed by atoms with Crippen molar-refractivity contribution < 1.29 is 19.8 Å². The van der Waals surface area contributed by atoms with Gasteiger partial charge in [0.05, 0.1) is 5.41 Å². The van der Waals surface area contributed by atoms with Gasteiger partial charge in [-0.1, -0.05) is 34.7 Å². The zero-order chi connectivity index (χ0) is 11.0. The van der Waals surface area contributed by atoms with Crippen molar-refractivity contribution >= 4 is 34.5 Å². The molecule has 0 aromatic rings. The topological polar surface area (TPSA) is 74.6 Å². The first-order valence-corrected chi connectivity index (χ1v) is 5.21. The Morgan fingerprint density at radius 3 is 2.36 bits per heavy atom. The van der Waals surface area contributed by atoms with E-state index in [-0.39, 0.29) is 6.42 Å². The molecular weight excluding hydrogens is 299 g/mol. The predicted molar refractivity (Wildman–Crippen MR) is 58.5 cm³/mol. The van der Waals surface area contributed by atoms with Crippen LogP contribution in [0.4, 0.5) is 0 Å². The molecule has 1 aliphatic carbocycles. The van der Waals surface area contributed by atoms with Gasteiger partial charge >= 0.3 is 11.9 Å². The van der Waals surface area contributed by atoms with Gasteiger partial charge in [0.15, 0.2) is 0 Å². The summed E-state index contributed by atoms with van der Waals surface area (Å²) in [4.78, 5) is 21.9. The van der Waals surface area contributed by atoms with Gasteiger partial charge in [-0.05, 0) is 19.8 Å². The Morgan fingerprint density at radius 2 is 1.93 bits per heavy atom. The maximum absolute atomic E-state index is 11.0. The van der Waals surface area contributed by atoms with Crippen molar-refractivity contribution in [3.8, 4) is 0 Å². The molecule has 4 nitrogen and oxygen atoms in total. The number of hydrogen-bond acceptors (Lipinski definition) is 2. The molecule has 0 amide bonds. The molecule has 0 fully saturated rings. The quantitative estimate of drug-likeness (QED) is 0.462. The van der Waals surface area contributed by atoms with E-state index in [0.29, 0.717) is 6.42 Å². The summed E-state index contributed by atoms with van der Waals surface area (Å²) >= 11 is 1.82. The van der Waals surface area contributed by atoms with Gasteiger partial charge in [-0.2, -0.15) is 0 Å². The van der Waals surface area contributed by atoms with Gasteiger partial charge in [0.2, 0.25) is 0 Å². The number of carboxylic acid groups (broad SMARTS) is 2. The Bertz CT molecular complexity index is 312. The molecule has 14 heavy (non-hydrogen) atoms. The lowest BCUT2D eigenvalue weighted by molar-refractivity contribution is -0.147. The fraction of sp³-hybridized carbons (Fsp3) is 0.556. The highest BCUT2D eigenvalue weighted by molar-refractivity contribution is 14.1. The SMILES string of the molecule is CC1(C(=O)O)C=CCC(I)(C(=O)O)C1. The average Bonchev–Trinajstić information content (AvgIpc) is 2.03. The van der Waals surface area contributed by atoms with E-state index in [9.17, 15) is 9.59 Å². The van der Waals surface area contributed by atoms with Crippen LogP contribution >= 0.6 is 22.6 Å². The monoisotopic (exact) mass is 310 g/mol. The van der Waals surface area contributed by atoms with Crippen molar-refractivity contribution in [3.05, 3.63) is 12.2 Å². The van der Waals surface area contributed by atoms with Crippen LogP contribution in [0.1, 0.15) is 19.8 Å². The van der Waals surface area contributed by atoms with Gasteiger partial charge in [-0.15, -0.1) is 0 Å². The molecule has 0 radical (unpaired) electrons. The molecule has 0 spiro atoms. The number of alkyl halides is 1. The van der Waals surface area contributed by atoms with Gasteiger partial charge in [0.25, 0.3) is 0 Å². The highest BCUT2D eigenvalue weighted by Gasteiger charge is 2.46. The zero-order valence-corrected chi connectivity index (χ0v) is 9.82. The molecule has 0 saturated heterocycles. The lowest BCUT2D eigenvalue weighted by atomic mass is 9.75. The molecule has 0 aromatic heterocycles. The van der Waals surface area contributed by atoms with Crippen LogP contribution in [0.25, 0.3) is 0 Å². The molecule has 0 heterocycles. The average molecular weight is 310 g/mol. The van der Waals surface area contributed by atoms with Crippen molar-refractivity contribution in [3.63, 3.8) is 0 Å². The second-order valence-corrected chi connectivity index (χ2v) is 5.84. The third-order valence-electron chi connectivity index (χ3n) is 2.45. The van der Waals surface area contributed by atoms with Crippen molar-refractivity contribution in [1.82, 2.24) is 0 Å². The molecule has 5 heteroatoms. The number of carbonyl (C=O) groups is 2. The van der Waals surface area contributed by atoms with E-state index in [2.05, 4.69) is 0 Å². The number of aliphatic carboxylic acids is 2. The Kier molecular flexibility index (Phi) is 2.89. The van der Waals surface area contributed by atoms with Crippen LogP contribution in [0, 0.1) is 5.41 Å². The second-order valence-electron chi connectivity index (χ2n) is 3.78. The first kappa shape index (κ1) is 11.5. The van der Waals surface area contributed by atoms with E-state index in [4.69, 9.17) is 10.2 Å². The maximum atomic E-state index is 11.0. The van der Waals surface area contributed by atoms with E-state index >= 15 is 0 Å². The largest absolute Gasteiger partial charge is 0.481 e. The van der Waals surface area contributed by atoms with Crippen LogP contribution in [0.5, 0.6) is 0 Å². The Balaban J connectivity index is 3.00. The lowest BCUT2D eigenvalue weighted by Gasteiger charge is -2.33. The van der Waals surface area contributed by atoms with Crippen LogP contribution in [-0.4, -0.2) is 25.6 Å². The maximum Gasteiger partial charge on any atom is 0.319 e. The minimum absolute atomic E-state index is 0.127. The fourth-order valence-corrected chi connectivity index (χ4v) is 2.58. The minimum atomic E-state index is -1.06. The number of allylic oxidation sites excluding steroid dienone is 1. The number of rotatable bonds is 2. The van der Waals surface area contributed by atoms with Gasteiger partial charge in [0, 0.05) is 0 Å². The molecule has 2 atom stereocenters. The van der Waals surface area contributed by atoms with E-state index in [1.54, 1.807) is 19.1 Å². The molecule has 0 saturated carbocycles. The molecule has 1 rings (SSSR count). The van der Waals surface area contributed by atoms with Gasteiger partial charge in [0.1, 0.15) is 3.42 Å². The molecule has 2 unspecified atom stereocenters. The summed E-state index contributed by atoms with van der Waals surface area (Å²) in [6.45, 7) is 1.54. The highest BCUT2D eigenvalue weighted by Crippen LogP contribution is 2.42. The summed E-state index contributed by atoms with van der Waals surface area (Å²) in [6.07, 6.45) is 3.72. The summed E-state index contributed by atoms with van der Waals surface area (Å²) in [5.41, 5.74) is -1.06. The summed E-state index contributed by atoms with van der Waals surface area (Å²) in [5, 5.41) is 17.9. The highest BCUT2D eigenvalue weighted by atomic mass is 127. The Hall–Kier alpha value is -0.590. The molecule has 0 bridgehead atoms. The third kappa shape index (κ3) is 1.92. The van der Waals surface area contributed by atoms with Crippen molar-refractivity contribution in [1.29, 1.82) is 0 Å². The van der Waals surface area contributed by atoms with Crippen molar-refractivity contribution in [2.45, 2.75) is 23.2 Å². The zero-order valence-electron chi connectivity index (χ0n) is 7.66. The minimum Gasteiger partial charge on any atom is -0.481 e. The lowest BCUT2D eigenvalue weighted by Crippen LogP contribution is -2.42. The van der Waals surface area contributed by atoms with Crippen molar-refractivity contribution in [2.24, 2.45) is 5.41 Å². The predicted octanol–water partition coefficient (Wildman–Crippen LogP) is 1.69. The van der Waals surface area contributed by atoms with Gasteiger partial charge in [-0.3, -0.25) is 9.59 Å². The van der Waals surface area contributed by atoms with Crippen LogP contribution in [0.15, 0.2) is 12.2 Å². The summed E-state index contributed by atoms with van der Waals surface area (Å²) in [5.74, 6) is -1.93. The molecule has 2 N–H and O–H groups in total. The molecule has 1 aliphatic rings. The first-order chi connectivity index (χ1) is 6.30. The number of halogens is 1. The molecule has 0 aliphatic heterocycles. The van der Waals surface area contributed by atoms with Crippen LogP contribution in [0.2, 0.25) is 0 Å². The van der Waals surface area contributed by atoms with Crippen LogP contribution in [0.3, 0.4) is 0 Å². The van der Waals surface area contributed by atoms with Crippen LogP contribution < -0.4 is 0 Å².